The van der Waals surface area contributed by atoms with E-state index in [4.69, 9.17) is 11.5 Å². The molecule has 0 amide bonds. The van der Waals surface area contributed by atoms with Crippen LogP contribution in [-0.4, -0.2) is 15.6 Å². The Morgan fingerprint density at radius 2 is 2.17 bits per heavy atom. The summed E-state index contributed by atoms with van der Waals surface area (Å²) >= 11 is 0. The van der Waals surface area contributed by atoms with Crippen LogP contribution in [0.3, 0.4) is 0 Å². The van der Waals surface area contributed by atoms with Crippen LogP contribution >= 0.6 is 0 Å². The molecule has 2 rings (SSSR count). The summed E-state index contributed by atoms with van der Waals surface area (Å²) < 4.78 is 2.15. The van der Waals surface area contributed by atoms with Gasteiger partial charge < -0.3 is 9.67 Å². The smallest absolute Gasteiger partial charge is 0.335 e. The number of hydrogen-bond acceptors (Lipinski definition) is 1. The lowest BCUT2D eigenvalue weighted by Gasteiger charge is -2.05. The topological polar surface area (TPSA) is 42.2 Å². The maximum absolute atomic E-state index is 11.0. The molecule has 3 heteroatoms. The fourth-order valence-electron chi connectivity index (χ4n) is 2.25. The maximum atomic E-state index is 11.0. The van der Waals surface area contributed by atoms with Crippen molar-refractivity contribution in [3.05, 3.63) is 35.0 Å². The van der Waals surface area contributed by atoms with E-state index in [2.05, 4.69) is 10.5 Å². The lowest BCUT2D eigenvalue weighted by Crippen LogP contribution is -2.00. The molecule has 0 aliphatic carbocycles. The maximum Gasteiger partial charge on any atom is 0.335 e. The highest BCUT2D eigenvalue weighted by Gasteiger charge is 2.12. The van der Waals surface area contributed by atoms with Gasteiger partial charge in [0.2, 0.25) is 0 Å². The summed E-state index contributed by atoms with van der Waals surface area (Å²) in [6.45, 7) is 4.81. The average molecular weight is 241 g/mol. The van der Waals surface area contributed by atoms with Crippen molar-refractivity contribution < 1.29 is 9.90 Å². The fraction of sp³-hybridized carbons (Fsp3) is 0.267. The molecule has 1 N–H and O–H groups in total. The van der Waals surface area contributed by atoms with Gasteiger partial charge in [0.05, 0.1) is 5.56 Å². The van der Waals surface area contributed by atoms with Crippen LogP contribution in [0.2, 0.25) is 0 Å². The van der Waals surface area contributed by atoms with Crippen molar-refractivity contribution in [1.29, 1.82) is 0 Å². The van der Waals surface area contributed by atoms with Gasteiger partial charge in [-0.1, -0.05) is 0 Å². The Hall–Kier alpha value is -2.21. The number of benzene rings is 1. The standard InChI is InChI=1S/C15H15NO2/c1-4-5-8-16-11(3)10(2)13-9-12(15(17)18)6-7-14(13)16/h1,6-7,9H,5,8H2,2-3H3,(H,17,18). The first-order valence-corrected chi connectivity index (χ1v) is 5.82. The van der Waals surface area contributed by atoms with Crippen LogP contribution in [-0.2, 0) is 6.54 Å². The van der Waals surface area contributed by atoms with Crippen molar-refractivity contribution in [1.82, 2.24) is 4.57 Å². The average Bonchev–Trinajstić information content (AvgIpc) is 2.60. The predicted octanol–water partition coefficient (Wildman–Crippen LogP) is 2.98. The first-order valence-electron chi connectivity index (χ1n) is 5.82. The lowest BCUT2D eigenvalue weighted by molar-refractivity contribution is 0.0697. The van der Waals surface area contributed by atoms with Crippen LogP contribution in [0.5, 0.6) is 0 Å². The Bertz CT molecular complexity index is 659. The molecule has 1 heterocycles. The van der Waals surface area contributed by atoms with Gasteiger partial charge in [-0.25, -0.2) is 4.79 Å². The molecule has 0 saturated carbocycles. The number of carboxylic acid groups (broad SMARTS) is 1. The van der Waals surface area contributed by atoms with E-state index in [9.17, 15) is 4.79 Å². The second-order valence-corrected chi connectivity index (χ2v) is 4.35. The van der Waals surface area contributed by atoms with Crippen LogP contribution < -0.4 is 0 Å². The summed E-state index contributed by atoms with van der Waals surface area (Å²) in [5.41, 5.74) is 3.62. The molecule has 3 nitrogen and oxygen atoms in total. The lowest BCUT2D eigenvalue weighted by atomic mass is 10.1. The number of aromatic nitrogens is 1. The highest BCUT2D eigenvalue weighted by atomic mass is 16.4. The number of aryl methyl sites for hydroxylation is 2. The number of rotatable bonds is 3. The highest BCUT2D eigenvalue weighted by Crippen LogP contribution is 2.26. The molecular weight excluding hydrogens is 226 g/mol. The summed E-state index contributed by atoms with van der Waals surface area (Å²) in [5.74, 6) is 1.73. The zero-order chi connectivity index (χ0) is 13.3. The van der Waals surface area contributed by atoms with E-state index in [1.807, 2.05) is 19.9 Å². The van der Waals surface area contributed by atoms with Gasteiger partial charge in [0, 0.05) is 29.6 Å². The molecule has 18 heavy (non-hydrogen) atoms. The Morgan fingerprint density at radius 3 is 2.78 bits per heavy atom. The molecule has 0 bridgehead atoms. The summed E-state index contributed by atoms with van der Waals surface area (Å²) in [6, 6.07) is 5.22. The zero-order valence-corrected chi connectivity index (χ0v) is 10.5. The number of carbonyl (C=O) groups is 1. The van der Waals surface area contributed by atoms with E-state index < -0.39 is 5.97 Å². The number of carboxylic acids is 1. The third-order valence-corrected chi connectivity index (χ3v) is 3.37. The second kappa shape index (κ2) is 4.58. The number of terminal acetylenes is 1. The van der Waals surface area contributed by atoms with Gasteiger partial charge in [-0.05, 0) is 37.6 Å². The van der Waals surface area contributed by atoms with E-state index >= 15 is 0 Å². The number of aromatic carboxylic acids is 1. The van der Waals surface area contributed by atoms with Crippen molar-refractivity contribution in [3.8, 4) is 12.3 Å². The summed E-state index contributed by atoms with van der Waals surface area (Å²) in [6.07, 6.45) is 5.97. The van der Waals surface area contributed by atoms with Gasteiger partial charge in [0.15, 0.2) is 0 Å². The first kappa shape index (κ1) is 12.3. The molecule has 2 aromatic rings. The molecule has 0 saturated heterocycles. The van der Waals surface area contributed by atoms with E-state index in [1.165, 1.54) is 0 Å². The number of hydrogen-bond donors (Lipinski definition) is 1. The molecule has 0 atom stereocenters. The molecule has 1 aromatic carbocycles. The first-order chi connectivity index (χ1) is 8.56. The molecule has 0 fully saturated rings. The molecular formula is C15H15NO2. The van der Waals surface area contributed by atoms with Gasteiger partial charge in [-0.3, -0.25) is 0 Å². The van der Waals surface area contributed by atoms with Crippen molar-refractivity contribution in [2.75, 3.05) is 0 Å². The van der Waals surface area contributed by atoms with Gasteiger partial charge >= 0.3 is 5.97 Å². The second-order valence-electron chi connectivity index (χ2n) is 4.35. The molecule has 0 aliphatic rings. The van der Waals surface area contributed by atoms with Crippen molar-refractivity contribution in [2.24, 2.45) is 0 Å². The Morgan fingerprint density at radius 1 is 1.44 bits per heavy atom. The Labute approximate surface area is 106 Å². The van der Waals surface area contributed by atoms with Gasteiger partial charge in [0.25, 0.3) is 0 Å². The minimum Gasteiger partial charge on any atom is -0.478 e. The number of nitrogens with zero attached hydrogens (tertiary/aromatic N) is 1. The third-order valence-electron chi connectivity index (χ3n) is 3.37. The fourth-order valence-corrected chi connectivity index (χ4v) is 2.25. The summed E-state index contributed by atoms with van der Waals surface area (Å²) in [4.78, 5) is 11.0. The third kappa shape index (κ3) is 1.86. The van der Waals surface area contributed by atoms with Crippen molar-refractivity contribution >= 4 is 16.9 Å². The van der Waals surface area contributed by atoms with Crippen LogP contribution in [0.1, 0.15) is 28.0 Å². The normalized spacial score (nSPS) is 10.5. The summed E-state index contributed by atoms with van der Waals surface area (Å²) in [7, 11) is 0. The summed E-state index contributed by atoms with van der Waals surface area (Å²) in [5, 5.41) is 10.0. The molecule has 0 unspecified atom stereocenters. The van der Waals surface area contributed by atoms with E-state index in [0.29, 0.717) is 12.0 Å². The Kier molecular flexibility index (Phi) is 3.12. The zero-order valence-electron chi connectivity index (χ0n) is 10.5. The molecule has 0 radical (unpaired) electrons. The van der Waals surface area contributed by atoms with Gasteiger partial charge in [-0.2, -0.15) is 0 Å². The van der Waals surface area contributed by atoms with Crippen LogP contribution in [0, 0.1) is 26.2 Å². The van der Waals surface area contributed by atoms with Gasteiger partial charge in [0.1, 0.15) is 0 Å². The minimum absolute atomic E-state index is 0.319. The molecule has 0 aliphatic heterocycles. The molecule has 1 aromatic heterocycles. The van der Waals surface area contributed by atoms with E-state index in [1.54, 1.807) is 12.1 Å². The molecule has 92 valence electrons. The van der Waals surface area contributed by atoms with E-state index in [0.717, 1.165) is 28.7 Å². The predicted molar refractivity (Wildman–Crippen MR) is 71.8 cm³/mol. The van der Waals surface area contributed by atoms with Crippen LogP contribution in [0.4, 0.5) is 0 Å². The monoisotopic (exact) mass is 241 g/mol. The quantitative estimate of drug-likeness (QED) is 0.839. The van der Waals surface area contributed by atoms with E-state index in [-0.39, 0.29) is 0 Å². The van der Waals surface area contributed by atoms with Crippen molar-refractivity contribution in [2.45, 2.75) is 26.8 Å². The highest BCUT2D eigenvalue weighted by molar-refractivity contribution is 5.95. The molecule has 0 spiro atoms. The SMILES string of the molecule is C#CCCn1c(C)c(C)c2cc(C(=O)O)ccc21. The van der Waals surface area contributed by atoms with Crippen LogP contribution in [0.25, 0.3) is 10.9 Å². The van der Waals surface area contributed by atoms with Crippen LogP contribution in [0.15, 0.2) is 18.2 Å². The van der Waals surface area contributed by atoms with Gasteiger partial charge in [-0.15, -0.1) is 12.3 Å². The largest absolute Gasteiger partial charge is 0.478 e. The minimum atomic E-state index is -0.898. The Balaban J connectivity index is 2.64. The van der Waals surface area contributed by atoms with Crippen molar-refractivity contribution in [3.63, 3.8) is 0 Å². The number of fused-ring (bicyclic) bond motifs is 1.